The first-order chi connectivity index (χ1) is 14.7. The fraction of sp³-hybridized carbons (Fsp3) is 0.364. The third-order valence-corrected chi connectivity index (χ3v) is 8.46. The summed E-state index contributed by atoms with van der Waals surface area (Å²) in [4.78, 5) is 19.5. The van der Waals surface area contributed by atoms with Gasteiger partial charge in [0.2, 0.25) is 5.91 Å². The zero-order chi connectivity index (χ0) is 22.2. The normalized spacial score (nSPS) is 21.3. The maximum absolute atomic E-state index is 12.9. The van der Waals surface area contributed by atoms with Gasteiger partial charge in [-0.05, 0) is 49.2 Å². The predicted molar refractivity (Wildman–Crippen MR) is 126 cm³/mol. The Labute approximate surface area is 186 Å². The first kappa shape index (κ1) is 21.7. The van der Waals surface area contributed by atoms with Crippen LogP contribution in [0.3, 0.4) is 0 Å². The monoisotopic (exact) mass is 459 g/mol. The standard InChI is InChI=1S/C22H25N3O4S2/c1-14-7-15(2)9-17(8-14)25(22-24-19-12-31(27,28)13-20(19)30-22)11-21(26)23-16-5-4-6-18(10-16)29-3/h4-10,19-20H,11-13H2,1-3H3,(H,23,26)/t19-,20+/m0/s1. The third kappa shape index (κ3) is 5.04. The van der Waals surface area contributed by atoms with Gasteiger partial charge in [0.1, 0.15) is 12.3 Å². The molecule has 4 rings (SSSR count). The molecule has 0 spiro atoms. The van der Waals surface area contributed by atoms with Crippen LogP contribution in [-0.4, -0.2) is 55.9 Å². The van der Waals surface area contributed by atoms with Gasteiger partial charge in [-0.15, -0.1) is 0 Å². The molecule has 2 heterocycles. The summed E-state index contributed by atoms with van der Waals surface area (Å²) in [6.45, 7) is 4.09. The zero-order valence-corrected chi connectivity index (χ0v) is 19.3. The van der Waals surface area contributed by atoms with Crippen LogP contribution < -0.4 is 15.0 Å². The molecule has 9 heteroatoms. The number of aliphatic imine (C=N–C) groups is 1. The summed E-state index contributed by atoms with van der Waals surface area (Å²) >= 11 is 1.45. The van der Waals surface area contributed by atoms with Crippen LogP contribution in [0.15, 0.2) is 47.5 Å². The summed E-state index contributed by atoms with van der Waals surface area (Å²) < 4.78 is 29.1. The number of nitrogens with one attached hydrogen (secondary N) is 1. The third-order valence-electron chi connectivity index (χ3n) is 5.21. The second-order valence-electron chi connectivity index (χ2n) is 7.92. The van der Waals surface area contributed by atoms with Crippen molar-refractivity contribution in [1.29, 1.82) is 0 Å². The highest BCUT2D eigenvalue weighted by Gasteiger charge is 2.44. The van der Waals surface area contributed by atoms with Crippen LogP contribution in [0.1, 0.15) is 11.1 Å². The molecule has 2 atom stereocenters. The van der Waals surface area contributed by atoms with Gasteiger partial charge < -0.3 is 15.0 Å². The molecule has 164 valence electrons. The second-order valence-corrected chi connectivity index (χ2v) is 11.3. The van der Waals surface area contributed by atoms with Crippen LogP contribution >= 0.6 is 11.8 Å². The lowest BCUT2D eigenvalue weighted by Crippen LogP contribution is -2.36. The Balaban J connectivity index is 1.59. The van der Waals surface area contributed by atoms with E-state index in [0.717, 1.165) is 16.8 Å². The van der Waals surface area contributed by atoms with E-state index in [9.17, 15) is 13.2 Å². The van der Waals surface area contributed by atoms with E-state index in [1.165, 1.54) is 11.8 Å². The van der Waals surface area contributed by atoms with E-state index in [1.54, 1.807) is 19.2 Å². The molecule has 2 aliphatic heterocycles. The van der Waals surface area contributed by atoms with Crippen LogP contribution in [0.2, 0.25) is 0 Å². The summed E-state index contributed by atoms with van der Waals surface area (Å²) in [5.74, 6) is 0.672. The molecule has 0 unspecified atom stereocenters. The fourth-order valence-electron chi connectivity index (χ4n) is 3.89. The molecule has 0 saturated carbocycles. The zero-order valence-electron chi connectivity index (χ0n) is 17.7. The number of rotatable bonds is 5. The molecule has 7 nitrogen and oxygen atoms in total. The van der Waals surface area contributed by atoms with E-state index in [1.807, 2.05) is 43.0 Å². The smallest absolute Gasteiger partial charge is 0.244 e. The maximum atomic E-state index is 12.9. The number of methoxy groups -OCH3 is 1. The molecule has 2 aliphatic rings. The molecule has 0 radical (unpaired) electrons. The lowest BCUT2D eigenvalue weighted by atomic mass is 10.1. The van der Waals surface area contributed by atoms with Crippen LogP contribution in [0.5, 0.6) is 5.75 Å². The van der Waals surface area contributed by atoms with Crippen molar-refractivity contribution in [2.75, 3.05) is 35.4 Å². The second kappa shape index (κ2) is 8.55. The number of amidine groups is 1. The topological polar surface area (TPSA) is 88.1 Å². The average Bonchev–Trinajstić information content (AvgIpc) is 3.18. The van der Waals surface area contributed by atoms with Gasteiger partial charge >= 0.3 is 0 Å². The Morgan fingerprint density at radius 2 is 1.94 bits per heavy atom. The number of hydrogen-bond acceptors (Lipinski definition) is 7. The minimum absolute atomic E-state index is 0.0676. The van der Waals surface area contributed by atoms with Gasteiger partial charge in [0.05, 0.1) is 24.7 Å². The number of carbonyl (C=O) groups is 1. The highest BCUT2D eigenvalue weighted by molar-refractivity contribution is 8.15. The van der Waals surface area contributed by atoms with E-state index in [-0.39, 0.29) is 35.2 Å². The van der Waals surface area contributed by atoms with Crippen molar-refractivity contribution in [2.24, 2.45) is 4.99 Å². The Bertz CT molecular complexity index is 1130. The Kier molecular flexibility index (Phi) is 5.98. The number of anilines is 2. The van der Waals surface area contributed by atoms with Crippen molar-refractivity contribution in [3.8, 4) is 5.75 Å². The molecule has 1 fully saturated rings. The Morgan fingerprint density at radius 3 is 2.61 bits per heavy atom. The van der Waals surface area contributed by atoms with Crippen LogP contribution in [0.25, 0.3) is 0 Å². The lowest BCUT2D eigenvalue weighted by Gasteiger charge is -2.25. The van der Waals surface area contributed by atoms with Crippen LogP contribution in [0, 0.1) is 13.8 Å². The Morgan fingerprint density at radius 1 is 1.19 bits per heavy atom. The number of carbonyl (C=O) groups excluding carboxylic acids is 1. The number of thioether (sulfide) groups is 1. The van der Waals surface area contributed by atoms with Gasteiger partial charge in [0, 0.05) is 22.7 Å². The van der Waals surface area contributed by atoms with Gasteiger partial charge in [0.25, 0.3) is 0 Å². The minimum atomic E-state index is -3.04. The molecule has 1 N–H and O–H groups in total. The van der Waals surface area contributed by atoms with Crippen molar-refractivity contribution >= 4 is 44.0 Å². The lowest BCUT2D eigenvalue weighted by molar-refractivity contribution is -0.114. The molecular weight excluding hydrogens is 434 g/mol. The number of fused-ring (bicyclic) bond motifs is 1. The molecular formula is C22H25N3O4S2. The first-order valence-electron chi connectivity index (χ1n) is 9.97. The van der Waals surface area contributed by atoms with Crippen molar-refractivity contribution in [3.05, 3.63) is 53.6 Å². The number of nitrogens with zero attached hydrogens (tertiary/aromatic N) is 2. The number of amides is 1. The quantitative estimate of drug-likeness (QED) is 0.740. The van der Waals surface area contributed by atoms with Gasteiger partial charge in [-0.3, -0.25) is 9.79 Å². The summed E-state index contributed by atoms with van der Waals surface area (Å²) in [5.41, 5.74) is 3.68. The first-order valence-corrected chi connectivity index (χ1v) is 12.7. The number of benzene rings is 2. The van der Waals surface area contributed by atoms with Crippen LogP contribution in [-0.2, 0) is 14.6 Å². The largest absolute Gasteiger partial charge is 0.497 e. The van der Waals surface area contributed by atoms with E-state index in [2.05, 4.69) is 11.4 Å². The highest BCUT2D eigenvalue weighted by atomic mass is 32.2. The summed E-state index contributed by atoms with van der Waals surface area (Å²) in [5, 5.41) is 3.51. The van der Waals surface area contributed by atoms with Crippen molar-refractivity contribution in [2.45, 2.75) is 25.1 Å². The summed E-state index contributed by atoms with van der Waals surface area (Å²) in [6.07, 6.45) is 0. The summed E-state index contributed by atoms with van der Waals surface area (Å²) in [6, 6.07) is 13.0. The van der Waals surface area contributed by atoms with E-state index < -0.39 is 9.84 Å². The fourth-order valence-corrected chi connectivity index (χ4v) is 7.67. The molecule has 2 aromatic carbocycles. The van der Waals surface area contributed by atoms with Gasteiger partial charge in [0.15, 0.2) is 15.0 Å². The molecule has 31 heavy (non-hydrogen) atoms. The van der Waals surface area contributed by atoms with Gasteiger partial charge in [-0.2, -0.15) is 0 Å². The number of ether oxygens (including phenoxy) is 1. The highest BCUT2D eigenvalue weighted by Crippen LogP contribution is 2.37. The average molecular weight is 460 g/mol. The van der Waals surface area contributed by atoms with Crippen molar-refractivity contribution in [3.63, 3.8) is 0 Å². The predicted octanol–water partition coefficient (Wildman–Crippen LogP) is 3.03. The van der Waals surface area contributed by atoms with Crippen molar-refractivity contribution in [1.82, 2.24) is 0 Å². The SMILES string of the molecule is COc1cccc(NC(=O)CN(C2=N[C@H]3CS(=O)(=O)C[C@H]3S2)c2cc(C)cc(C)c2)c1. The minimum Gasteiger partial charge on any atom is -0.497 e. The Hall–Kier alpha value is -2.52. The van der Waals surface area contributed by atoms with Crippen molar-refractivity contribution < 1.29 is 17.9 Å². The maximum Gasteiger partial charge on any atom is 0.244 e. The molecule has 0 bridgehead atoms. The molecule has 0 aromatic heterocycles. The van der Waals surface area contributed by atoms with E-state index in [0.29, 0.717) is 16.6 Å². The van der Waals surface area contributed by atoms with E-state index >= 15 is 0 Å². The van der Waals surface area contributed by atoms with E-state index in [4.69, 9.17) is 9.73 Å². The molecule has 1 amide bonds. The molecule has 0 aliphatic carbocycles. The number of hydrogen-bond donors (Lipinski definition) is 1. The summed E-state index contributed by atoms with van der Waals surface area (Å²) in [7, 11) is -1.46. The number of aryl methyl sites for hydroxylation is 2. The number of sulfone groups is 1. The molecule has 2 aromatic rings. The molecule has 1 saturated heterocycles. The van der Waals surface area contributed by atoms with Gasteiger partial charge in [-0.1, -0.05) is 23.9 Å². The van der Waals surface area contributed by atoms with Gasteiger partial charge in [-0.25, -0.2) is 8.42 Å². The van der Waals surface area contributed by atoms with Crippen LogP contribution in [0.4, 0.5) is 11.4 Å².